The second kappa shape index (κ2) is 6.60. The van der Waals surface area contributed by atoms with E-state index in [1.54, 1.807) is 0 Å². The maximum absolute atomic E-state index is 11.6. The minimum atomic E-state index is -3.55. The number of benzene rings is 1. The van der Waals surface area contributed by atoms with Crippen LogP contribution >= 0.6 is 0 Å². The molecule has 0 bridgehead atoms. The molecule has 1 rings (SSSR count). The molecule has 0 saturated carbocycles. The van der Waals surface area contributed by atoms with Gasteiger partial charge in [-0.05, 0) is 25.2 Å². The van der Waals surface area contributed by atoms with E-state index in [-0.39, 0.29) is 22.9 Å². The first kappa shape index (κ1) is 17.7. The molecule has 0 heterocycles. The highest BCUT2D eigenvalue weighted by Gasteiger charge is 2.15. The van der Waals surface area contributed by atoms with Crippen LogP contribution in [0.5, 0.6) is 0 Å². The number of sulfonamides is 2. The molecule has 0 radical (unpaired) electrons. The van der Waals surface area contributed by atoms with Gasteiger partial charge in [-0.2, -0.15) is 0 Å². The molecule has 0 fully saturated rings. The van der Waals surface area contributed by atoms with E-state index >= 15 is 0 Å². The standard InChI is InChI=1S/C11H20N4O4S2/c1-13-21(18,19)9-4-5-11(10(12)8-9)14-6-7-20(16,17)15(2)3/h4-5,8,13-14H,6-7,12H2,1-3H3. The SMILES string of the molecule is CNS(=O)(=O)c1ccc(NCCS(=O)(=O)N(C)C)c(N)c1. The van der Waals surface area contributed by atoms with Crippen LogP contribution in [0.2, 0.25) is 0 Å². The molecule has 0 atom stereocenters. The zero-order valence-corrected chi connectivity index (χ0v) is 13.8. The predicted octanol–water partition coefficient (Wildman–Crippen LogP) is -0.520. The molecule has 8 nitrogen and oxygen atoms in total. The van der Waals surface area contributed by atoms with E-state index in [0.29, 0.717) is 5.69 Å². The lowest BCUT2D eigenvalue weighted by Crippen LogP contribution is -2.28. The molecule has 0 aliphatic rings. The molecule has 0 aliphatic carbocycles. The van der Waals surface area contributed by atoms with Gasteiger partial charge in [0, 0.05) is 20.6 Å². The lowest BCUT2D eigenvalue weighted by Gasteiger charge is -2.13. The van der Waals surface area contributed by atoms with Crippen molar-refractivity contribution in [3.63, 3.8) is 0 Å². The summed E-state index contributed by atoms with van der Waals surface area (Å²) in [6, 6.07) is 4.21. The van der Waals surface area contributed by atoms with Gasteiger partial charge in [0.05, 0.1) is 22.0 Å². The van der Waals surface area contributed by atoms with Crippen LogP contribution in [0.15, 0.2) is 23.1 Å². The average Bonchev–Trinajstić information content (AvgIpc) is 2.40. The van der Waals surface area contributed by atoms with E-state index in [9.17, 15) is 16.8 Å². The molecule has 0 aliphatic heterocycles. The van der Waals surface area contributed by atoms with Crippen LogP contribution in [-0.2, 0) is 20.0 Å². The number of rotatable bonds is 7. The third-order valence-electron chi connectivity index (χ3n) is 2.83. The highest BCUT2D eigenvalue weighted by Crippen LogP contribution is 2.22. The van der Waals surface area contributed by atoms with Crippen LogP contribution in [-0.4, -0.2) is 54.6 Å². The summed E-state index contributed by atoms with van der Waals surface area (Å²) in [7, 11) is -2.62. The average molecular weight is 336 g/mol. The molecule has 21 heavy (non-hydrogen) atoms. The number of hydrogen-bond acceptors (Lipinski definition) is 6. The van der Waals surface area contributed by atoms with Crippen LogP contribution < -0.4 is 15.8 Å². The van der Waals surface area contributed by atoms with E-state index in [1.807, 2.05) is 0 Å². The Morgan fingerprint density at radius 3 is 2.29 bits per heavy atom. The third kappa shape index (κ3) is 4.56. The van der Waals surface area contributed by atoms with Gasteiger partial charge in [0.25, 0.3) is 0 Å². The normalized spacial score (nSPS) is 12.6. The number of nitrogens with one attached hydrogen (secondary N) is 2. The monoisotopic (exact) mass is 336 g/mol. The van der Waals surface area contributed by atoms with Gasteiger partial charge < -0.3 is 11.1 Å². The Balaban J connectivity index is 2.80. The molecule has 4 N–H and O–H groups in total. The Bertz CT molecular complexity index is 699. The Hall–Kier alpha value is -1.36. The van der Waals surface area contributed by atoms with Gasteiger partial charge in [0.2, 0.25) is 20.0 Å². The van der Waals surface area contributed by atoms with Gasteiger partial charge in [-0.1, -0.05) is 0 Å². The minimum absolute atomic E-state index is 0.0500. The quantitative estimate of drug-likeness (QED) is 0.576. The summed E-state index contributed by atoms with van der Waals surface area (Å²) in [5, 5.41) is 2.87. The summed E-state index contributed by atoms with van der Waals surface area (Å²) in [6.45, 7) is 0.169. The highest BCUT2D eigenvalue weighted by molar-refractivity contribution is 7.89. The van der Waals surface area contributed by atoms with Gasteiger partial charge >= 0.3 is 0 Å². The van der Waals surface area contributed by atoms with Crippen molar-refractivity contribution in [2.45, 2.75) is 4.90 Å². The third-order valence-corrected chi connectivity index (χ3v) is 6.08. The summed E-state index contributed by atoms with van der Waals surface area (Å²) in [5.74, 6) is -0.0873. The Morgan fingerprint density at radius 2 is 1.81 bits per heavy atom. The number of anilines is 2. The van der Waals surface area contributed by atoms with Crippen molar-refractivity contribution in [3.8, 4) is 0 Å². The molecular weight excluding hydrogens is 316 g/mol. The Kier molecular flexibility index (Phi) is 5.56. The van der Waals surface area contributed by atoms with Crippen LogP contribution in [0.4, 0.5) is 11.4 Å². The Morgan fingerprint density at radius 1 is 1.19 bits per heavy atom. The molecule has 0 spiro atoms. The largest absolute Gasteiger partial charge is 0.397 e. The second-order valence-corrected chi connectivity index (χ2v) is 8.67. The van der Waals surface area contributed by atoms with Crippen molar-refractivity contribution in [2.75, 3.05) is 44.5 Å². The first-order chi connectivity index (χ1) is 9.60. The van der Waals surface area contributed by atoms with E-state index in [1.165, 1.54) is 39.3 Å². The summed E-state index contributed by atoms with van der Waals surface area (Å²) in [5.41, 5.74) is 6.48. The first-order valence-electron chi connectivity index (χ1n) is 6.07. The van der Waals surface area contributed by atoms with Crippen molar-refractivity contribution < 1.29 is 16.8 Å². The fourth-order valence-electron chi connectivity index (χ4n) is 1.48. The van der Waals surface area contributed by atoms with Crippen molar-refractivity contribution >= 4 is 31.4 Å². The predicted molar refractivity (Wildman–Crippen MR) is 83.1 cm³/mol. The lowest BCUT2D eigenvalue weighted by atomic mass is 10.2. The Labute approximate surface area is 125 Å². The van der Waals surface area contributed by atoms with Crippen molar-refractivity contribution in [1.29, 1.82) is 0 Å². The van der Waals surface area contributed by atoms with Gasteiger partial charge in [-0.15, -0.1) is 0 Å². The number of hydrogen-bond donors (Lipinski definition) is 3. The van der Waals surface area contributed by atoms with E-state index in [2.05, 4.69) is 10.0 Å². The van der Waals surface area contributed by atoms with Crippen molar-refractivity contribution in [2.24, 2.45) is 0 Å². The first-order valence-corrected chi connectivity index (χ1v) is 9.16. The van der Waals surface area contributed by atoms with Crippen LogP contribution in [0, 0.1) is 0 Å². The highest BCUT2D eigenvalue weighted by atomic mass is 32.2. The summed E-state index contributed by atoms with van der Waals surface area (Å²) in [6.07, 6.45) is 0. The van der Waals surface area contributed by atoms with Gasteiger partial charge in [0.1, 0.15) is 0 Å². The number of nitrogen functional groups attached to an aromatic ring is 1. The molecule has 0 saturated heterocycles. The molecule has 1 aromatic rings. The number of nitrogens with two attached hydrogens (primary N) is 1. The van der Waals surface area contributed by atoms with Crippen molar-refractivity contribution in [1.82, 2.24) is 9.03 Å². The van der Waals surface area contributed by atoms with E-state index in [0.717, 1.165) is 4.31 Å². The van der Waals surface area contributed by atoms with Crippen molar-refractivity contribution in [3.05, 3.63) is 18.2 Å². The fraction of sp³-hybridized carbons (Fsp3) is 0.455. The van der Waals surface area contributed by atoms with Crippen LogP contribution in [0.1, 0.15) is 0 Å². The summed E-state index contributed by atoms with van der Waals surface area (Å²) < 4.78 is 49.8. The number of nitrogens with zero attached hydrogens (tertiary/aromatic N) is 1. The van der Waals surface area contributed by atoms with E-state index in [4.69, 9.17) is 5.73 Å². The maximum atomic E-state index is 11.6. The zero-order chi connectivity index (χ0) is 16.3. The molecule has 1 aromatic carbocycles. The molecule has 0 unspecified atom stereocenters. The summed E-state index contributed by atoms with van der Waals surface area (Å²) in [4.78, 5) is 0.0500. The molecule has 120 valence electrons. The maximum Gasteiger partial charge on any atom is 0.240 e. The van der Waals surface area contributed by atoms with Gasteiger partial charge in [-0.25, -0.2) is 25.9 Å². The molecule has 0 amide bonds. The minimum Gasteiger partial charge on any atom is -0.397 e. The topological polar surface area (TPSA) is 122 Å². The fourth-order valence-corrected chi connectivity index (χ4v) is 2.97. The molecule has 10 heteroatoms. The van der Waals surface area contributed by atoms with E-state index < -0.39 is 20.0 Å². The second-order valence-electron chi connectivity index (χ2n) is 4.48. The van der Waals surface area contributed by atoms with Crippen LogP contribution in [0.3, 0.4) is 0 Å². The lowest BCUT2D eigenvalue weighted by molar-refractivity contribution is 0.521. The van der Waals surface area contributed by atoms with Gasteiger partial charge in [-0.3, -0.25) is 0 Å². The molecule has 0 aromatic heterocycles. The van der Waals surface area contributed by atoms with Crippen LogP contribution in [0.25, 0.3) is 0 Å². The molecular formula is C11H20N4O4S2. The zero-order valence-electron chi connectivity index (χ0n) is 12.1. The smallest absolute Gasteiger partial charge is 0.240 e. The summed E-state index contributed by atoms with van der Waals surface area (Å²) >= 11 is 0. The van der Waals surface area contributed by atoms with Gasteiger partial charge in [0.15, 0.2) is 0 Å².